The van der Waals surface area contributed by atoms with Crippen molar-refractivity contribution < 1.29 is 18.4 Å². The van der Waals surface area contributed by atoms with Crippen LogP contribution < -0.4 is 4.90 Å². The molecule has 4 rings (SSSR count). The van der Waals surface area contributed by atoms with Crippen LogP contribution in [0.15, 0.2) is 100 Å². The minimum Gasteiger partial charge on any atom is -0.448 e. The first-order valence-corrected chi connectivity index (χ1v) is 9.00. The maximum absolute atomic E-state index is 12.4. The SMILES string of the molecule is O=Cc1ccccc1C(=O)/C=C\c1ccc(N(c2ccco2)c2ccco2)cc1. The van der Waals surface area contributed by atoms with Crippen LogP contribution in [-0.2, 0) is 0 Å². The molecule has 0 saturated carbocycles. The Balaban J connectivity index is 1.57. The lowest BCUT2D eigenvalue weighted by Crippen LogP contribution is -2.07. The van der Waals surface area contributed by atoms with E-state index in [0.717, 1.165) is 11.3 Å². The zero-order valence-electron chi connectivity index (χ0n) is 15.4. The van der Waals surface area contributed by atoms with Crippen LogP contribution in [0.25, 0.3) is 6.08 Å². The molecule has 0 amide bonds. The normalized spacial score (nSPS) is 10.9. The van der Waals surface area contributed by atoms with Gasteiger partial charge in [-0.2, -0.15) is 0 Å². The van der Waals surface area contributed by atoms with Crippen molar-refractivity contribution in [2.24, 2.45) is 0 Å². The van der Waals surface area contributed by atoms with Gasteiger partial charge in [-0.1, -0.05) is 42.5 Å². The number of furan rings is 2. The number of ketones is 1. The van der Waals surface area contributed by atoms with Crippen molar-refractivity contribution in [2.45, 2.75) is 0 Å². The zero-order valence-corrected chi connectivity index (χ0v) is 15.4. The first kappa shape index (κ1) is 18.3. The predicted octanol–water partition coefficient (Wildman–Crippen LogP) is 6.05. The highest BCUT2D eigenvalue weighted by atomic mass is 16.4. The van der Waals surface area contributed by atoms with E-state index in [2.05, 4.69) is 0 Å². The molecule has 0 radical (unpaired) electrons. The predicted molar refractivity (Wildman–Crippen MR) is 111 cm³/mol. The summed E-state index contributed by atoms with van der Waals surface area (Å²) >= 11 is 0. The number of allylic oxidation sites excluding steroid dienone is 1. The van der Waals surface area contributed by atoms with E-state index < -0.39 is 0 Å². The van der Waals surface area contributed by atoms with Crippen LogP contribution in [0.5, 0.6) is 0 Å². The number of carbonyl (C=O) groups is 2. The highest BCUT2D eigenvalue weighted by Gasteiger charge is 2.16. The molecule has 0 aliphatic rings. The highest BCUT2D eigenvalue weighted by molar-refractivity contribution is 6.10. The maximum atomic E-state index is 12.4. The molecular formula is C24H17NO4. The van der Waals surface area contributed by atoms with Crippen molar-refractivity contribution in [1.29, 1.82) is 0 Å². The number of benzene rings is 2. The van der Waals surface area contributed by atoms with Gasteiger partial charge in [0.05, 0.1) is 18.2 Å². The molecule has 5 nitrogen and oxygen atoms in total. The van der Waals surface area contributed by atoms with E-state index >= 15 is 0 Å². The largest absolute Gasteiger partial charge is 0.448 e. The molecule has 0 atom stereocenters. The molecule has 0 aliphatic heterocycles. The molecule has 0 fully saturated rings. The van der Waals surface area contributed by atoms with Gasteiger partial charge in [0, 0.05) is 23.3 Å². The Hall–Kier alpha value is -4.12. The van der Waals surface area contributed by atoms with Gasteiger partial charge >= 0.3 is 0 Å². The van der Waals surface area contributed by atoms with E-state index in [-0.39, 0.29) is 5.78 Å². The summed E-state index contributed by atoms with van der Waals surface area (Å²) in [6.45, 7) is 0. The average Bonchev–Trinajstić information content (AvgIpc) is 3.48. The zero-order chi connectivity index (χ0) is 20.1. The van der Waals surface area contributed by atoms with Crippen LogP contribution >= 0.6 is 0 Å². The summed E-state index contributed by atoms with van der Waals surface area (Å²) in [6, 6.07) is 21.7. The number of aldehydes is 1. The van der Waals surface area contributed by atoms with Gasteiger partial charge in [0.15, 0.2) is 12.1 Å². The lowest BCUT2D eigenvalue weighted by atomic mass is 10.0. The van der Waals surface area contributed by atoms with Crippen molar-refractivity contribution in [1.82, 2.24) is 0 Å². The minimum atomic E-state index is -0.218. The molecule has 2 aromatic heterocycles. The van der Waals surface area contributed by atoms with Crippen molar-refractivity contribution in [2.75, 3.05) is 4.90 Å². The monoisotopic (exact) mass is 383 g/mol. The summed E-state index contributed by atoms with van der Waals surface area (Å²) in [4.78, 5) is 25.4. The van der Waals surface area contributed by atoms with Crippen molar-refractivity contribution in [3.63, 3.8) is 0 Å². The molecule has 0 saturated heterocycles. The second-order valence-corrected chi connectivity index (χ2v) is 6.23. The number of anilines is 3. The molecular weight excluding hydrogens is 366 g/mol. The Labute approximate surface area is 167 Å². The topological polar surface area (TPSA) is 63.7 Å². The van der Waals surface area contributed by atoms with E-state index in [0.29, 0.717) is 29.2 Å². The second-order valence-electron chi connectivity index (χ2n) is 6.23. The average molecular weight is 383 g/mol. The Morgan fingerprint density at radius 1 is 0.793 bits per heavy atom. The van der Waals surface area contributed by atoms with Gasteiger partial charge in [-0.25, -0.2) is 0 Å². The second kappa shape index (κ2) is 8.27. The van der Waals surface area contributed by atoms with Crippen LogP contribution in [0.1, 0.15) is 26.3 Å². The number of hydrogen-bond acceptors (Lipinski definition) is 5. The quantitative estimate of drug-likeness (QED) is 0.221. The smallest absolute Gasteiger partial charge is 0.206 e. The lowest BCUT2D eigenvalue weighted by Gasteiger charge is -2.19. The summed E-state index contributed by atoms with van der Waals surface area (Å²) in [6.07, 6.45) is 7.08. The van der Waals surface area contributed by atoms with E-state index in [1.165, 1.54) is 6.08 Å². The number of carbonyl (C=O) groups excluding carboxylic acids is 2. The van der Waals surface area contributed by atoms with Gasteiger partial charge in [-0.05, 0) is 35.9 Å². The molecule has 5 heteroatoms. The van der Waals surface area contributed by atoms with E-state index in [1.54, 1.807) is 42.9 Å². The fourth-order valence-electron chi connectivity index (χ4n) is 2.98. The van der Waals surface area contributed by atoms with Crippen molar-refractivity contribution in [3.05, 3.63) is 108 Å². The fraction of sp³-hybridized carbons (Fsp3) is 0. The molecule has 2 heterocycles. The van der Waals surface area contributed by atoms with Gasteiger partial charge < -0.3 is 8.83 Å². The third kappa shape index (κ3) is 3.94. The van der Waals surface area contributed by atoms with Crippen LogP contribution in [0.3, 0.4) is 0 Å². The molecule has 0 aliphatic carbocycles. The molecule has 142 valence electrons. The number of nitrogens with zero attached hydrogens (tertiary/aromatic N) is 1. The molecule has 2 aromatic carbocycles. The van der Waals surface area contributed by atoms with Gasteiger partial charge in [-0.15, -0.1) is 0 Å². The molecule has 29 heavy (non-hydrogen) atoms. The Morgan fingerprint density at radius 2 is 1.45 bits per heavy atom. The summed E-state index contributed by atoms with van der Waals surface area (Å²) in [7, 11) is 0. The number of hydrogen-bond donors (Lipinski definition) is 0. The van der Waals surface area contributed by atoms with Crippen molar-refractivity contribution >= 4 is 35.6 Å². The first-order valence-electron chi connectivity index (χ1n) is 9.00. The summed E-state index contributed by atoms with van der Waals surface area (Å²) in [5, 5.41) is 0. The third-order valence-electron chi connectivity index (χ3n) is 4.38. The summed E-state index contributed by atoms with van der Waals surface area (Å²) < 4.78 is 11.1. The van der Waals surface area contributed by atoms with Crippen LogP contribution in [0, 0.1) is 0 Å². The van der Waals surface area contributed by atoms with Crippen molar-refractivity contribution in [3.8, 4) is 0 Å². The first-order chi connectivity index (χ1) is 14.3. The van der Waals surface area contributed by atoms with Gasteiger partial charge in [0.1, 0.15) is 0 Å². The van der Waals surface area contributed by atoms with Gasteiger partial charge in [0.25, 0.3) is 0 Å². The molecule has 0 spiro atoms. The molecule has 0 bridgehead atoms. The summed E-state index contributed by atoms with van der Waals surface area (Å²) in [5.74, 6) is 1.04. The third-order valence-corrected chi connectivity index (χ3v) is 4.38. The van der Waals surface area contributed by atoms with Gasteiger partial charge in [-0.3, -0.25) is 14.5 Å². The highest BCUT2D eigenvalue weighted by Crippen LogP contribution is 2.34. The standard InChI is InChI=1S/C24H17NO4/c26-17-19-5-1-2-6-21(19)22(27)14-11-18-9-12-20(13-10-18)25(23-7-3-15-28-23)24-8-4-16-29-24/h1-17H/b14-11-. The lowest BCUT2D eigenvalue weighted by molar-refractivity contribution is 0.103. The maximum Gasteiger partial charge on any atom is 0.206 e. The molecule has 0 unspecified atom stereocenters. The minimum absolute atomic E-state index is 0.218. The Kier molecular flexibility index (Phi) is 5.21. The van der Waals surface area contributed by atoms with Crippen LogP contribution in [-0.4, -0.2) is 12.1 Å². The molecule has 0 N–H and O–H groups in total. The summed E-state index contributed by atoms with van der Waals surface area (Å²) in [5.41, 5.74) is 2.47. The van der Waals surface area contributed by atoms with E-state index in [9.17, 15) is 9.59 Å². The van der Waals surface area contributed by atoms with E-state index in [4.69, 9.17) is 8.83 Å². The van der Waals surface area contributed by atoms with Gasteiger partial charge in [0.2, 0.25) is 11.8 Å². The Morgan fingerprint density at radius 3 is 2.03 bits per heavy atom. The Bertz CT molecular complexity index is 1090. The van der Waals surface area contributed by atoms with Crippen LogP contribution in [0.2, 0.25) is 0 Å². The van der Waals surface area contributed by atoms with Crippen LogP contribution in [0.4, 0.5) is 17.5 Å². The fourth-order valence-corrected chi connectivity index (χ4v) is 2.98. The number of rotatable bonds is 7. The van der Waals surface area contributed by atoms with E-state index in [1.807, 2.05) is 53.4 Å². The molecule has 4 aromatic rings.